The highest BCUT2D eigenvalue weighted by atomic mass is 16.2. The maximum atomic E-state index is 12.1. The van der Waals surface area contributed by atoms with Gasteiger partial charge in [0.1, 0.15) is 0 Å². The summed E-state index contributed by atoms with van der Waals surface area (Å²) in [6.45, 7) is 5.50. The van der Waals surface area contributed by atoms with Gasteiger partial charge in [0.05, 0.1) is 0 Å². The largest absolute Gasteiger partial charge is 0.339 e. The molecule has 0 bridgehead atoms. The van der Waals surface area contributed by atoms with E-state index in [1.54, 1.807) is 0 Å². The third kappa shape index (κ3) is 4.88. The highest BCUT2D eigenvalue weighted by Gasteiger charge is 2.15. The minimum Gasteiger partial charge on any atom is -0.339 e. The molecule has 1 unspecified atom stereocenters. The van der Waals surface area contributed by atoms with Gasteiger partial charge in [-0.3, -0.25) is 4.79 Å². The first kappa shape index (κ1) is 14.7. The SMILES string of the molecule is CCCC(N)CC(=O)N(CC)Cc1ccccc1. The van der Waals surface area contributed by atoms with Crippen LogP contribution < -0.4 is 5.73 Å². The van der Waals surface area contributed by atoms with E-state index in [0.29, 0.717) is 13.0 Å². The number of nitrogens with two attached hydrogens (primary N) is 1. The summed E-state index contributed by atoms with van der Waals surface area (Å²) in [5, 5.41) is 0. The van der Waals surface area contributed by atoms with Gasteiger partial charge in [0, 0.05) is 25.6 Å². The molecule has 0 saturated carbocycles. The first-order chi connectivity index (χ1) is 8.67. The lowest BCUT2D eigenvalue weighted by atomic mass is 10.1. The van der Waals surface area contributed by atoms with Crippen molar-refractivity contribution in [1.82, 2.24) is 4.90 Å². The number of hydrogen-bond acceptors (Lipinski definition) is 2. The third-order valence-corrected chi connectivity index (χ3v) is 3.05. The van der Waals surface area contributed by atoms with E-state index in [1.807, 2.05) is 42.2 Å². The Labute approximate surface area is 110 Å². The normalized spacial score (nSPS) is 12.2. The predicted octanol–water partition coefficient (Wildman–Crippen LogP) is 2.55. The van der Waals surface area contributed by atoms with Crippen LogP contribution in [0.1, 0.15) is 38.7 Å². The summed E-state index contributed by atoms with van der Waals surface area (Å²) >= 11 is 0. The zero-order valence-corrected chi connectivity index (χ0v) is 11.4. The molecule has 3 nitrogen and oxygen atoms in total. The molecule has 0 aliphatic heterocycles. The molecule has 3 heteroatoms. The first-order valence-electron chi connectivity index (χ1n) is 6.74. The topological polar surface area (TPSA) is 46.3 Å². The van der Waals surface area contributed by atoms with Crippen molar-refractivity contribution < 1.29 is 4.79 Å². The minimum absolute atomic E-state index is 0.00711. The van der Waals surface area contributed by atoms with Gasteiger partial charge in [0.25, 0.3) is 0 Å². The Morgan fingerprint density at radius 1 is 1.28 bits per heavy atom. The van der Waals surface area contributed by atoms with E-state index < -0.39 is 0 Å². The zero-order valence-electron chi connectivity index (χ0n) is 11.4. The van der Waals surface area contributed by atoms with Gasteiger partial charge in [-0.25, -0.2) is 0 Å². The molecule has 1 atom stereocenters. The molecule has 1 amide bonds. The maximum Gasteiger partial charge on any atom is 0.224 e. The summed E-state index contributed by atoms with van der Waals surface area (Å²) in [5.41, 5.74) is 7.09. The van der Waals surface area contributed by atoms with Crippen LogP contribution in [0, 0.1) is 0 Å². The molecule has 1 rings (SSSR count). The molecule has 1 aromatic carbocycles. The van der Waals surface area contributed by atoms with Gasteiger partial charge in [-0.15, -0.1) is 0 Å². The fourth-order valence-corrected chi connectivity index (χ4v) is 2.01. The van der Waals surface area contributed by atoms with E-state index in [2.05, 4.69) is 6.92 Å². The lowest BCUT2D eigenvalue weighted by Gasteiger charge is -2.22. The molecule has 0 heterocycles. The molecule has 0 spiro atoms. The second-order valence-corrected chi connectivity index (χ2v) is 4.65. The van der Waals surface area contributed by atoms with Crippen molar-refractivity contribution in [3.8, 4) is 0 Å². The fraction of sp³-hybridized carbons (Fsp3) is 0.533. The third-order valence-electron chi connectivity index (χ3n) is 3.05. The van der Waals surface area contributed by atoms with Crippen LogP contribution in [0.25, 0.3) is 0 Å². The monoisotopic (exact) mass is 248 g/mol. The highest BCUT2D eigenvalue weighted by molar-refractivity contribution is 5.76. The second kappa shape index (κ2) is 7.88. The Balaban J connectivity index is 2.52. The molecular weight excluding hydrogens is 224 g/mol. The van der Waals surface area contributed by atoms with Crippen molar-refractivity contribution >= 4 is 5.91 Å². The van der Waals surface area contributed by atoms with Crippen LogP contribution in [-0.4, -0.2) is 23.4 Å². The van der Waals surface area contributed by atoms with E-state index in [-0.39, 0.29) is 11.9 Å². The van der Waals surface area contributed by atoms with Crippen LogP contribution in [-0.2, 0) is 11.3 Å². The number of benzene rings is 1. The van der Waals surface area contributed by atoms with Gasteiger partial charge >= 0.3 is 0 Å². The average molecular weight is 248 g/mol. The Morgan fingerprint density at radius 3 is 2.50 bits per heavy atom. The number of hydrogen-bond donors (Lipinski definition) is 1. The summed E-state index contributed by atoms with van der Waals surface area (Å²) in [7, 11) is 0. The number of nitrogens with zero attached hydrogens (tertiary/aromatic N) is 1. The van der Waals surface area contributed by atoms with Crippen molar-refractivity contribution in [2.45, 2.75) is 45.7 Å². The zero-order chi connectivity index (χ0) is 13.4. The fourth-order valence-electron chi connectivity index (χ4n) is 2.01. The first-order valence-corrected chi connectivity index (χ1v) is 6.74. The van der Waals surface area contributed by atoms with Crippen molar-refractivity contribution in [3.63, 3.8) is 0 Å². The highest BCUT2D eigenvalue weighted by Crippen LogP contribution is 2.08. The summed E-state index contributed by atoms with van der Waals surface area (Å²) in [6.07, 6.45) is 2.39. The van der Waals surface area contributed by atoms with E-state index >= 15 is 0 Å². The summed E-state index contributed by atoms with van der Waals surface area (Å²) < 4.78 is 0. The Kier molecular flexibility index (Phi) is 6.44. The van der Waals surface area contributed by atoms with Crippen molar-refractivity contribution in [1.29, 1.82) is 0 Å². The van der Waals surface area contributed by atoms with E-state index in [1.165, 1.54) is 0 Å². The van der Waals surface area contributed by atoms with Crippen LogP contribution in [0.15, 0.2) is 30.3 Å². The van der Waals surface area contributed by atoms with Crippen molar-refractivity contribution in [2.75, 3.05) is 6.54 Å². The molecule has 1 aromatic rings. The van der Waals surface area contributed by atoms with E-state index in [9.17, 15) is 4.79 Å². The average Bonchev–Trinajstić information content (AvgIpc) is 2.37. The van der Waals surface area contributed by atoms with Crippen molar-refractivity contribution in [3.05, 3.63) is 35.9 Å². The molecule has 2 N–H and O–H groups in total. The predicted molar refractivity (Wildman–Crippen MR) is 75.0 cm³/mol. The lowest BCUT2D eigenvalue weighted by Crippen LogP contribution is -2.35. The standard InChI is InChI=1S/C15H24N2O/c1-3-8-14(16)11-15(18)17(4-2)12-13-9-6-5-7-10-13/h5-7,9-10,14H,3-4,8,11-12,16H2,1-2H3. The maximum absolute atomic E-state index is 12.1. The van der Waals surface area contributed by atoms with Gasteiger partial charge < -0.3 is 10.6 Å². The molecule has 0 aliphatic rings. The Morgan fingerprint density at radius 2 is 1.94 bits per heavy atom. The quantitative estimate of drug-likeness (QED) is 0.806. The smallest absolute Gasteiger partial charge is 0.224 e. The van der Waals surface area contributed by atoms with Gasteiger partial charge in [-0.2, -0.15) is 0 Å². The number of rotatable bonds is 7. The van der Waals surface area contributed by atoms with Crippen LogP contribution in [0.3, 0.4) is 0 Å². The van der Waals surface area contributed by atoms with Crippen LogP contribution >= 0.6 is 0 Å². The van der Waals surface area contributed by atoms with Gasteiger partial charge in [-0.05, 0) is 18.9 Å². The molecular formula is C15H24N2O. The van der Waals surface area contributed by atoms with E-state index in [0.717, 1.165) is 24.9 Å². The van der Waals surface area contributed by atoms with Gasteiger partial charge in [0.2, 0.25) is 5.91 Å². The van der Waals surface area contributed by atoms with Crippen LogP contribution in [0.5, 0.6) is 0 Å². The van der Waals surface area contributed by atoms with Crippen molar-refractivity contribution in [2.24, 2.45) is 5.73 Å². The van der Waals surface area contributed by atoms with E-state index in [4.69, 9.17) is 5.73 Å². The molecule has 18 heavy (non-hydrogen) atoms. The van der Waals surface area contributed by atoms with Crippen LogP contribution in [0.4, 0.5) is 0 Å². The van der Waals surface area contributed by atoms with Crippen LogP contribution in [0.2, 0.25) is 0 Å². The molecule has 0 fully saturated rings. The molecule has 0 radical (unpaired) electrons. The summed E-state index contributed by atoms with van der Waals surface area (Å²) in [5.74, 6) is 0.155. The number of amides is 1. The number of carbonyl (C=O) groups is 1. The molecule has 100 valence electrons. The second-order valence-electron chi connectivity index (χ2n) is 4.65. The molecule has 0 saturated heterocycles. The Hall–Kier alpha value is -1.35. The minimum atomic E-state index is -0.00711. The lowest BCUT2D eigenvalue weighted by molar-refractivity contribution is -0.132. The van der Waals surface area contributed by atoms with Gasteiger partial charge in [-0.1, -0.05) is 43.7 Å². The summed E-state index contributed by atoms with van der Waals surface area (Å²) in [4.78, 5) is 14.0. The van der Waals surface area contributed by atoms with Gasteiger partial charge in [0.15, 0.2) is 0 Å². The summed E-state index contributed by atoms with van der Waals surface area (Å²) in [6, 6.07) is 10.1. The number of carbonyl (C=O) groups excluding carboxylic acids is 1. The Bertz CT molecular complexity index is 351. The molecule has 0 aliphatic carbocycles. The molecule has 0 aromatic heterocycles.